The number of halogens is 2. The molecule has 0 spiro atoms. The van der Waals surface area contributed by atoms with Crippen molar-refractivity contribution in [3.05, 3.63) is 52.6 Å². The summed E-state index contributed by atoms with van der Waals surface area (Å²) in [5.74, 6) is 0. The van der Waals surface area contributed by atoms with Crippen LogP contribution in [0.3, 0.4) is 0 Å². The molecule has 0 heterocycles. The molecular weight excluding hydrogens is 361 g/mol. The Bertz CT molecular complexity index is 585. The van der Waals surface area contributed by atoms with Crippen molar-refractivity contribution >= 4 is 30.4 Å². The van der Waals surface area contributed by atoms with Gasteiger partial charge in [0.25, 0.3) is 0 Å². The number of benzene rings is 1. The molecule has 0 saturated carbocycles. The molecule has 0 bridgehead atoms. The van der Waals surface area contributed by atoms with Crippen molar-refractivity contribution in [2.75, 3.05) is 0 Å². The third kappa shape index (κ3) is 6.40. The van der Waals surface area contributed by atoms with Crippen molar-refractivity contribution < 1.29 is 19.4 Å². The normalized spacial score (nSPS) is 15.5. The molecule has 23 heavy (non-hydrogen) atoms. The zero-order valence-corrected chi connectivity index (χ0v) is 18.2. The summed E-state index contributed by atoms with van der Waals surface area (Å²) in [4.78, 5) is 0. The van der Waals surface area contributed by atoms with Crippen LogP contribution < -0.4 is 3.80 Å². The molecule has 1 N–H and O–H groups in total. The van der Waals surface area contributed by atoms with Crippen molar-refractivity contribution in [2.45, 2.75) is 57.7 Å². The molecule has 0 fully saturated rings. The number of hydrogen-bond acceptors (Lipinski definition) is 1. The quantitative estimate of drug-likeness (QED) is 0.613. The predicted molar refractivity (Wildman–Crippen MR) is 103 cm³/mol. The summed E-state index contributed by atoms with van der Waals surface area (Å²) in [5.41, 5.74) is 7.66. The summed E-state index contributed by atoms with van der Waals surface area (Å²) in [6, 6.07) is 8.99. The number of nitrogens with one attached hydrogen (secondary N) is 1. The molecule has 1 aliphatic carbocycles. The van der Waals surface area contributed by atoms with Gasteiger partial charge in [-0.2, -0.15) is 0 Å². The molecule has 0 aromatic heterocycles. The summed E-state index contributed by atoms with van der Waals surface area (Å²) in [6.07, 6.45) is 3.45. The van der Waals surface area contributed by atoms with E-state index >= 15 is 0 Å². The van der Waals surface area contributed by atoms with Gasteiger partial charge in [0.1, 0.15) is 0 Å². The van der Waals surface area contributed by atoms with Gasteiger partial charge >= 0.3 is 139 Å². The van der Waals surface area contributed by atoms with E-state index in [1.54, 1.807) is 0 Å². The Balaban J connectivity index is 0.00000242. The molecule has 0 amide bonds. The van der Waals surface area contributed by atoms with Gasteiger partial charge in [-0.05, 0) is 0 Å². The molecule has 1 unspecified atom stereocenters. The number of allylic oxidation sites excluding steroid dienone is 4. The van der Waals surface area contributed by atoms with Gasteiger partial charge in [-0.25, -0.2) is 0 Å². The maximum Gasteiger partial charge on any atom is -0.147 e. The summed E-state index contributed by atoms with van der Waals surface area (Å²) >= 11 is -0.200. The number of rotatable bonds is 4. The molecule has 1 aromatic rings. The van der Waals surface area contributed by atoms with Crippen LogP contribution in [0.5, 0.6) is 0 Å². The third-order valence-corrected chi connectivity index (χ3v) is 6.37. The topological polar surface area (TPSA) is 12.0 Å². The first-order valence-electron chi connectivity index (χ1n) is 7.77. The van der Waals surface area contributed by atoms with E-state index in [0.717, 1.165) is 6.42 Å². The molecule has 1 aliphatic rings. The Labute approximate surface area is 163 Å². The van der Waals surface area contributed by atoms with Crippen LogP contribution in [0.4, 0.5) is 0 Å². The molecule has 0 saturated heterocycles. The van der Waals surface area contributed by atoms with Crippen LogP contribution in [0.15, 0.2) is 41.5 Å². The Hall–Kier alpha value is -0.0457. The van der Waals surface area contributed by atoms with Crippen molar-refractivity contribution in [3.8, 4) is 0 Å². The second-order valence-electron chi connectivity index (χ2n) is 7.16. The minimum absolute atomic E-state index is 0. The second kappa shape index (κ2) is 9.44. The fourth-order valence-corrected chi connectivity index (χ4v) is 4.44. The fourth-order valence-electron chi connectivity index (χ4n) is 2.79. The van der Waals surface area contributed by atoms with Crippen molar-refractivity contribution in [1.82, 2.24) is 3.80 Å². The monoisotopic (exact) mass is 389 g/mol. The SMILES string of the molecule is CC1=CC(C)=C(c2ccccc2[CH](C)[Ti][NH]C(C)(C)C)C1.Cl.Cl. The minimum atomic E-state index is -0.200. The third-order valence-electron chi connectivity index (χ3n) is 3.81. The van der Waals surface area contributed by atoms with Crippen LogP contribution >= 0.6 is 24.8 Å². The Morgan fingerprint density at radius 3 is 2.22 bits per heavy atom. The zero-order valence-electron chi connectivity index (χ0n) is 15.0. The molecule has 0 radical (unpaired) electrons. The van der Waals surface area contributed by atoms with Crippen LogP contribution in [-0.2, 0) is 19.4 Å². The van der Waals surface area contributed by atoms with E-state index in [4.69, 9.17) is 0 Å². The average molecular weight is 390 g/mol. The van der Waals surface area contributed by atoms with E-state index in [2.05, 4.69) is 75.7 Å². The van der Waals surface area contributed by atoms with Gasteiger partial charge in [-0.3, -0.25) is 0 Å². The molecule has 1 aromatic carbocycles. The van der Waals surface area contributed by atoms with Crippen LogP contribution in [0.25, 0.3) is 5.57 Å². The maximum atomic E-state index is 3.75. The van der Waals surface area contributed by atoms with E-state index in [-0.39, 0.29) is 49.8 Å². The molecule has 4 heteroatoms. The summed E-state index contributed by atoms with van der Waals surface area (Å²) < 4.78 is 4.39. The molecule has 128 valence electrons. The largest absolute Gasteiger partial charge is 0.147 e. The van der Waals surface area contributed by atoms with Gasteiger partial charge in [0, 0.05) is 0 Å². The Kier molecular flexibility index (Phi) is 9.42. The minimum Gasteiger partial charge on any atom is -0.147 e. The Morgan fingerprint density at radius 2 is 1.70 bits per heavy atom. The molecule has 1 nitrogen and oxygen atoms in total. The summed E-state index contributed by atoms with van der Waals surface area (Å²) in [6.45, 7) is 13.6. The van der Waals surface area contributed by atoms with E-state index in [0.29, 0.717) is 4.22 Å². The van der Waals surface area contributed by atoms with Gasteiger partial charge in [-0.15, -0.1) is 24.8 Å². The zero-order chi connectivity index (χ0) is 15.6. The van der Waals surface area contributed by atoms with E-state index in [1.807, 2.05) is 0 Å². The van der Waals surface area contributed by atoms with Crippen LogP contribution in [0.1, 0.15) is 63.3 Å². The van der Waals surface area contributed by atoms with Crippen molar-refractivity contribution in [1.29, 1.82) is 0 Å². The Morgan fingerprint density at radius 1 is 1.09 bits per heavy atom. The summed E-state index contributed by atoms with van der Waals surface area (Å²) in [5, 5.41) is 0. The van der Waals surface area contributed by atoms with Gasteiger partial charge in [0.2, 0.25) is 0 Å². The smallest absolute Gasteiger partial charge is 0.147 e. The number of hydrogen-bond donors (Lipinski definition) is 1. The van der Waals surface area contributed by atoms with E-state index < -0.39 is 0 Å². The first kappa shape index (κ1) is 23.0. The van der Waals surface area contributed by atoms with Gasteiger partial charge in [-0.1, -0.05) is 0 Å². The van der Waals surface area contributed by atoms with Gasteiger partial charge < -0.3 is 0 Å². The van der Waals surface area contributed by atoms with E-state index in [1.165, 1.54) is 27.8 Å². The van der Waals surface area contributed by atoms with Crippen molar-refractivity contribution in [3.63, 3.8) is 0 Å². The fraction of sp³-hybridized carbons (Fsp3) is 0.474. The summed E-state index contributed by atoms with van der Waals surface area (Å²) in [7, 11) is 0. The molecular formula is C19H29Cl2NTi. The average Bonchev–Trinajstić information content (AvgIpc) is 2.74. The maximum absolute atomic E-state index is 3.75. The van der Waals surface area contributed by atoms with Gasteiger partial charge in [0.15, 0.2) is 0 Å². The molecule has 0 aliphatic heterocycles. The first-order valence-corrected chi connectivity index (χ1v) is 9.45. The standard InChI is InChI=1S/C15H17.C4H10N.2ClH.Ti/c1-4-13-7-5-6-8-14(13)15-10-11(2)9-12(15)3;1-4(2,3)5;;;/h4-9H,10H2,1-3H3;5H,1-3H3;2*1H;/q;-1;;;+1. The first-order chi connectivity index (χ1) is 9.78. The van der Waals surface area contributed by atoms with Crippen molar-refractivity contribution in [2.24, 2.45) is 0 Å². The van der Waals surface area contributed by atoms with Gasteiger partial charge in [0.05, 0.1) is 0 Å². The predicted octanol–water partition coefficient (Wildman–Crippen LogP) is 6.10. The van der Waals surface area contributed by atoms with Crippen LogP contribution in [0, 0.1) is 0 Å². The molecule has 1 atom stereocenters. The van der Waals surface area contributed by atoms with E-state index in [9.17, 15) is 0 Å². The molecule has 2 rings (SSSR count). The second-order valence-corrected chi connectivity index (χ2v) is 9.35. The van der Waals surface area contributed by atoms with Crippen LogP contribution in [-0.4, -0.2) is 5.54 Å². The van der Waals surface area contributed by atoms with Crippen LogP contribution in [0.2, 0.25) is 0 Å².